The van der Waals surface area contributed by atoms with Crippen LogP contribution >= 0.6 is 11.6 Å². The van der Waals surface area contributed by atoms with Crippen LogP contribution < -0.4 is 5.32 Å². The monoisotopic (exact) mass is 115 g/mol. The fourth-order valence-corrected chi connectivity index (χ4v) is 0.586. The van der Waals surface area contributed by atoms with Crippen LogP contribution in [0.15, 0.2) is 23.4 Å². The Kier molecular flexibility index (Phi) is 1.37. The first-order valence-corrected chi connectivity index (χ1v) is 2.53. The quantitative estimate of drug-likeness (QED) is 0.468. The van der Waals surface area contributed by atoms with Crippen LogP contribution in [0.1, 0.15) is 0 Å². The number of rotatable bonds is 0. The van der Waals surface area contributed by atoms with Gasteiger partial charge in [-0.3, -0.25) is 0 Å². The summed E-state index contributed by atoms with van der Waals surface area (Å²) in [6.45, 7) is 0.856. The number of allylic oxidation sites excluding steroid dienone is 2. The normalized spacial score (nSPS) is 18.1. The van der Waals surface area contributed by atoms with Crippen molar-refractivity contribution in [2.45, 2.75) is 0 Å². The van der Waals surface area contributed by atoms with Crippen molar-refractivity contribution >= 4 is 11.6 Å². The van der Waals surface area contributed by atoms with Gasteiger partial charge >= 0.3 is 0 Å². The molecule has 1 heterocycles. The highest BCUT2D eigenvalue weighted by atomic mass is 35.5. The molecule has 0 saturated heterocycles. The van der Waals surface area contributed by atoms with E-state index in [0.29, 0.717) is 0 Å². The van der Waals surface area contributed by atoms with Gasteiger partial charge in [-0.15, -0.1) is 0 Å². The molecule has 0 bridgehead atoms. The first-order valence-electron chi connectivity index (χ1n) is 2.16. The lowest BCUT2D eigenvalue weighted by Gasteiger charge is -2.01. The third-order valence-corrected chi connectivity index (χ3v) is 1.03. The molecule has 38 valence electrons. The first-order chi connectivity index (χ1) is 3.39. The third-order valence-electron chi connectivity index (χ3n) is 0.767. The Morgan fingerprint density at radius 1 is 1.71 bits per heavy atom. The van der Waals surface area contributed by atoms with E-state index in [4.69, 9.17) is 11.6 Å². The van der Waals surface area contributed by atoms with Gasteiger partial charge in [0.05, 0.1) is 0 Å². The highest BCUT2D eigenvalue weighted by molar-refractivity contribution is 6.29. The van der Waals surface area contributed by atoms with E-state index in [0.717, 1.165) is 11.7 Å². The molecule has 0 aromatic rings. The van der Waals surface area contributed by atoms with Crippen molar-refractivity contribution in [3.8, 4) is 0 Å². The molecule has 0 radical (unpaired) electrons. The van der Waals surface area contributed by atoms with E-state index in [2.05, 4.69) is 5.32 Å². The molecule has 1 nitrogen and oxygen atoms in total. The van der Waals surface area contributed by atoms with Crippen molar-refractivity contribution in [3.63, 3.8) is 0 Å². The lowest BCUT2D eigenvalue weighted by atomic mass is 10.4. The summed E-state index contributed by atoms with van der Waals surface area (Å²) in [5, 5.41) is 3.65. The van der Waals surface area contributed by atoms with Crippen molar-refractivity contribution in [2.75, 3.05) is 6.54 Å². The molecule has 0 unspecified atom stereocenters. The Morgan fingerprint density at radius 2 is 2.57 bits per heavy atom. The number of halogens is 1. The predicted octanol–water partition coefficient (Wildman–Crippen LogP) is 1.23. The minimum atomic E-state index is 0.725. The predicted molar refractivity (Wildman–Crippen MR) is 31.1 cm³/mol. The summed E-state index contributed by atoms with van der Waals surface area (Å²) in [6, 6.07) is 0. The van der Waals surface area contributed by atoms with Gasteiger partial charge in [0.25, 0.3) is 0 Å². The number of nitrogens with one attached hydrogen (secondary N) is 1. The Balaban J connectivity index is 2.57. The smallest absolute Gasteiger partial charge is 0.102 e. The number of dihydropyridines is 1. The van der Waals surface area contributed by atoms with Gasteiger partial charge in [-0.2, -0.15) is 0 Å². The van der Waals surface area contributed by atoms with E-state index in [1.165, 1.54) is 0 Å². The van der Waals surface area contributed by atoms with Crippen LogP contribution in [0.4, 0.5) is 0 Å². The van der Waals surface area contributed by atoms with E-state index < -0.39 is 0 Å². The van der Waals surface area contributed by atoms with Gasteiger partial charge in [0, 0.05) is 6.54 Å². The van der Waals surface area contributed by atoms with Crippen LogP contribution in [0.5, 0.6) is 0 Å². The molecule has 0 aromatic heterocycles. The zero-order valence-corrected chi connectivity index (χ0v) is 4.57. The van der Waals surface area contributed by atoms with Crippen molar-refractivity contribution < 1.29 is 0 Å². The Bertz CT molecular complexity index is 115. The van der Waals surface area contributed by atoms with Crippen molar-refractivity contribution in [2.24, 2.45) is 0 Å². The molecule has 0 amide bonds. The van der Waals surface area contributed by atoms with Gasteiger partial charge in [-0.25, -0.2) is 0 Å². The zero-order valence-electron chi connectivity index (χ0n) is 3.82. The van der Waals surface area contributed by atoms with Crippen LogP contribution in [0.3, 0.4) is 0 Å². The standard InChI is InChI=1S/C5H6ClN/c6-5-3-1-2-4-7-5/h1-3,7H,4H2. The van der Waals surface area contributed by atoms with Gasteiger partial charge < -0.3 is 5.32 Å². The summed E-state index contributed by atoms with van der Waals surface area (Å²) in [5.74, 6) is 0. The third kappa shape index (κ3) is 1.24. The second-order valence-electron chi connectivity index (χ2n) is 1.32. The van der Waals surface area contributed by atoms with Crippen LogP contribution in [0.25, 0.3) is 0 Å². The average molecular weight is 116 g/mol. The van der Waals surface area contributed by atoms with E-state index in [1.807, 2.05) is 18.2 Å². The second kappa shape index (κ2) is 2.03. The molecule has 1 N–H and O–H groups in total. The molecule has 0 fully saturated rings. The molecule has 0 spiro atoms. The maximum absolute atomic E-state index is 5.52. The highest BCUT2D eigenvalue weighted by Crippen LogP contribution is 1.98. The zero-order chi connectivity index (χ0) is 5.11. The number of hydrogen-bond donors (Lipinski definition) is 1. The lowest BCUT2D eigenvalue weighted by Crippen LogP contribution is -2.10. The highest BCUT2D eigenvalue weighted by Gasteiger charge is 1.87. The summed E-state index contributed by atoms with van der Waals surface area (Å²) in [6.07, 6.45) is 5.76. The first kappa shape index (κ1) is 4.72. The van der Waals surface area contributed by atoms with Crippen LogP contribution in [0, 0.1) is 0 Å². The van der Waals surface area contributed by atoms with Gasteiger partial charge in [-0.1, -0.05) is 23.8 Å². The van der Waals surface area contributed by atoms with Gasteiger partial charge in [0.15, 0.2) is 0 Å². The fraction of sp³-hybridized carbons (Fsp3) is 0.200. The molecule has 1 aliphatic rings. The van der Waals surface area contributed by atoms with E-state index >= 15 is 0 Å². The summed E-state index contributed by atoms with van der Waals surface area (Å²) in [5.41, 5.74) is 0. The molecule has 0 saturated carbocycles. The summed E-state index contributed by atoms with van der Waals surface area (Å²) in [4.78, 5) is 0. The van der Waals surface area contributed by atoms with Crippen LogP contribution in [-0.2, 0) is 0 Å². The van der Waals surface area contributed by atoms with E-state index in [1.54, 1.807) is 0 Å². The molecule has 0 atom stereocenters. The van der Waals surface area contributed by atoms with E-state index in [-0.39, 0.29) is 0 Å². The van der Waals surface area contributed by atoms with Crippen molar-refractivity contribution in [1.82, 2.24) is 5.32 Å². The molecule has 0 aliphatic carbocycles. The molecule has 0 aromatic carbocycles. The van der Waals surface area contributed by atoms with Gasteiger partial charge in [-0.05, 0) is 6.08 Å². The minimum absolute atomic E-state index is 0.725. The number of hydrogen-bond acceptors (Lipinski definition) is 1. The Hall–Kier alpha value is -0.430. The topological polar surface area (TPSA) is 12.0 Å². The van der Waals surface area contributed by atoms with Gasteiger partial charge in [0.2, 0.25) is 0 Å². The average Bonchev–Trinajstić information content (AvgIpc) is 1.69. The molecule has 1 aliphatic heterocycles. The minimum Gasteiger partial charge on any atom is -0.372 e. The summed E-state index contributed by atoms with van der Waals surface area (Å²) in [7, 11) is 0. The second-order valence-corrected chi connectivity index (χ2v) is 1.73. The van der Waals surface area contributed by atoms with Crippen LogP contribution in [0.2, 0.25) is 0 Å². The summed E-state index contributed by atoms with van der Waals surface area (Å²) < 4.78 is 0. The molecular weight excluding hydrogens is 110 g/mol. The maximum Gasteiger partial charge on any atom is 0.102 e. The van der Waals surface area contributed by atoms with Crippen LogP contribution in [-0.4, -0.2) is 6.54 Å². The maximum atomic E-state index is 5.52. The molecule has 2 heteroatoms. The molecular formula is C5H6ClN. The van der Waals surface area contributed by atoms with E-state index in [9.17, 15) is 0 Å². The summed E-state index contributed by atoms with van der Waals surface area (Å²) >= 11 is 5.52. The molecule has 1 rings (SSSR count). The Morgan fingerprint density at radius 3 is 2.86 bits per heavy atom. The van der Waals surface area contributed by atoms with Crippen molar-refractivity contribution in [3.05, 3.63) is 23.4 Å². The van der Waals surface area contributed by atoms with Crippen molar-refractivity contribution in [1.29, 1.82) is 0 Å². The molecule has 7 heavy (non-hydrogen) atoms. The lowest BCUT2D eigenvalue weighted by molar-refractivity contribution is 0.950. The SMILES string of the molecule is ClC1=CC=CCN1. The Labute approximate surface area is 47.7 Å². The largest absolute Gasteiger partial charge is 0.372 e. The van der Waals surface area contributed by atoms with Gasteiger partial charge in [0.1, 0.15) is 5.16 Å². The fourth-order valence-electron chi connectivity index (χ4n) is 0.436.